The number of carbonyl (C=O) groups is 1. The fourth-order valence-electron chi connectivity index (χ4n) is 2.18. The molecule has 1 fully saturated rings. The summed E-state index contributed by atoms with van der Waals surface area (Å²) in [6.45, 7) is 2.32. The summed E-state index contributed by atoms with van der Waals surface area (Å²) < 4.78 is 28.0. The van der Waals surface area contributed by atoms with Gasteiger partial charge in [0, 0.05) is 23.4 Å². The fraction of sp³-hybridized carbons (Fsp3) is 0.462. The second kappa shape index (κ2) is 5.70. The van der Waals surface area contributed by atoms with Crippen molar-refractivity contribution in [3.8, 4) is 5.75 Å². The lowest BCUT2D eigenvalue weighted by molar-refractivity contribution is 0.0940. The maximum atomic E-state index is 12.1. The molecule has 110 valence electrons. The number of nitrogens with two attached hydrogens (primary N) is 1. The number of hydrogen-bond donors (Lipinski definition) is 2. The van der Waals surface area contributed by atoms with Crippen LogP contribution in [0.3, 0.4) is 0 Å². The normalized spacial score (nSPS) is 20.6. The molecule has 1 aliphatic rings. The molecule has 1 saturated heterocycles. The summed E-state index contributed by atoms with van der Waals surface area (Å²) in [4.78, 5) is 12.1. The minimum Gasteiger partial charge on any atom is -0.494 e. The third-order valence-corrected chi connectivity index (χ3v) is 4.84. The number of hydrogen-bond acceptors (Lipinski definition) is 5. The predicted octanol–water partition coefficient (Wildman–Crippen LogP) is 0.584. The van der Waals surface area contributed by atoms with Crippen LogP contribution >= 0.6 is 0 Å². The van der Waals surface area contributed by atoms with Crippen molar-refractivity contribution < 1.29 is 17.9 Å². The lowest BCUT2D eigenvalue weighted by Gasteiger charge is -2.12. The summed E-state index contributed by atoms with van der Waals surface area (Å²) in [6, 6.07) is 4.45. The van der Waals surface area contributed by atoms with Crippen molar-refractivity contribution in [2.75, 3.05) is 23.8 Å². The van der Waals surface area contributed by atoms with E-state index in [4.69, 9.17) is 10.5 Å². The average molecular weight is 298 g/mol. The molecule has 7 heteroatoms. The number of sulfone groups is 1. The van der Waals surface area contributed by atoms with Crippen molar-refractivity contribution in [2.24, 2.45) is 0 Å². The second-order valence-electron chi connectivity index (χ2n) is 4.80. The molecular formula is C13H18N2O4S. The third-order valence-electron chi connectivity index (χ3n) is 3.07. The van der Waals surface area contributed by atoms with E-state index in [1.54, 1.807) is 18.2 Å². The van der Waals surface area contributed by atoms with Crippen LogP contribution < -0.4 is 15.8 Å². The smallest absolute Gasteiger partial charge is 0.251 e. The summed E-state index contributed by atoms with van der Waals surface area (Å²) in [7, 11) is -3.01. The van der Waals surface area contributed by atoms with Gasteiger partial charge in [0.2, 0.25) is 0 Å². The molecule has 0 aliphatic carbocycles. The summed E-state index contributed by atoms with van der Waals surface area (Å²) in [6.07, 6.45) is 0.453. The molecule has 1 aromatic rings. The Kier molecular flexibility index (Phi) is 4.17. The molecule has 0 spiro atoms. The molecular weight excluding hydrogens is 280 g/mol. The van der Waals surface area contributed by atoms with Crippen molar-refractivity contribution in [1.29, 1.82) is 0 Å². The average Bonchev–Trinajstić information content (AvgIpc) is 2.68. The number of nitrogen functional groups attached to an aromatic ring is 1. The van der Waals surface area contributed by atoms with E-state index < -0.39 is 9.84 Å². The van der Waals surface area contributed by atoms with Crippen LogP contribution in [0.2, 0.25) is 0 Å². The number of ether oxygens (including phenoxy) is 1. The van der Waals surface area contributed by atoms with Gasteiger partial charge in [-0.3, -0.25) is 4.79 Å². The largest absolute Gasteiger partial charge is 0.494 e. The van der Waals surface area contributed by atoms with Crippen LogP contribution in [0.5, 0.6) is 5.75 Å². The Labute approximate surface area is 118 Å². The van der Waals surface area contributed by atoms with Gasteiger partial charge in [-0.05, 0) is 25.5 Å². The third kappa shape index (κ3) is 3.63. The minimum absolute atomic E-state index is 0.000622. The lowest BCUT2D eigenvalue weighted by Crippen LogP contribution is -2.35. The van der Waals surface area contributed by atoms with Gasteiger partial charge in [-0.25, -0.2) is 8.42 Å². The van der Waals surface area contributed by atoms with Crippen molar-refractivity contribution in [3.63, 3.8) is 0 Å². The molecule has 1 heterocycles. The number of amides is 1. The number of nitrogens with one attached hydrogen (secondary N) is 1. The van der Waals surface area contributed by atoms with Gasteiger partial charge in [-0.1, -0.05) is 0 Å². The van der Waals surface area contributed by atoms with Crippen LogP contribution in [0.1, 0.15) is 23.7 Å². The molecule has 20 heavy (non-hydrogen) atoms. The number of anilines is 1. The molecule has 3 N–H and O–H groups in total. The number of carbonyl (C=O) groups excluding carboxylic acids is 1. The van der Waals surface area contributed by atoms with E-state index in [0.29, 0.717) is 30.0 Å². The number of rotatable bonds is 4. The van der Waals surface area contributed by atoms with E-state index in [2.05, 4.69) is 5.32 Å². The molecule has 2 rings (SSSR count). The molecule has 0 saturated carbocycles. The maximum absolute atomic E-state index is 12.1. The van der Waals surface area contributed by atoms with Gasteiger partial charge in [0.15, 0.2) is 9.84 Å². The minimum atomic E-state index is -3.01. The van der Waals surface area contributed by atoms with Gasteiger partial charge in [0.05, 0.1) is 18.1 Å². The first-order valence-corrected chi connectivity index (χ1v) is 8.26. The van der Waals surface area contributed by atoms with Crippen LogP contribution in [-0.4, -0.2) is 38.5 Å². The highest BCUT2D eigenvalue weighted by atomic mass is 32.2. The quantitative estimate of drug-likeness (QED) is 0.792. The fourth-order valence-corrected chi connectivity index (χ4v) is 3.85. The Bertz CT molecular complexity index is 613. The first-order chi connectivity index (χ1) is 9.39. The molecule has 1 unspecified atom stereocenters. The monoisotopic (exact) mass is 298 g/mol. The summed E-state index contributed by atoms with van der Waals surface area (Å²) in [5.41, 5.74) is 6.53. The Morgan fingerprint density at radius 3 is 2.80 bits per heavy atom. The van der Waals surface area contributed by atoms with E-state index in [1.807, 2.05) is 6.92 Å². The molecule has 1 atom stereocenters. The molecule has 0 aromatic heterocycles. The van der Waals surface area contributed by atoms with E-state index in [0.717, 1.165) is 0 Å². The molecule has 1 aromatic carbocycles. The van der Waals surface area contributed by atoms with Gasteiger partial charge < -0.3 is 15.8 Å². The molecule has 1 aliphatic heterocycles. The van der Waals surface area contributed by atoms with Crippen LogP contribution in [-0.2, 0) is 9.84 Å². The second-order valence-corrected chi connectivity index (χ2v) is 7.03. The van der Waals surface area contributed by atoms with Gasteiger partial charge in [0.25, 0.3) is 5.91 Å². The van der Waals surface area contributed by atoms with Crippen molar-refractivity contribution in [3.05, 3.63) is 23.8 Å². The van der Waals surface area contributed by atoms with E-state index >= 15 is 0 Å². The van der Waals surface area contributed by atoms with Gasteiger partial charge in [-0.2, -0.15) is 0 Å². The van der Waals surface area contributed by atoms with Crippen molar-refractivity contribution >= 4 is 21.4 Å². The zero-order valence-electron chi connectivity index (χ0n) is 11.3. The van der Waals surface area contributed by atoms with Crippen LogP contribution in [0.4, 0.5) is 5.69 Å². The van der Waals surface area contributed by atoms with E-state index in [9.17, 15) is 13.2 Å². The highest BCUT2D eigenvalue weighted by molar-refractivity contribution is 7.91. The van der Waals surface area contributed by atoms with Crippen LogP contribution in [0, 0.1) is 0 Å². The molecule has 0 radical (unpaired) electrons. The molecule has 1 amide bonds. The zero-order valence-corrected chi connectivity index (χ0v) is 12.1. The van der Waals surface area contributed by atoms with Crippen LogP contribution in [0.25, 0.3) is 0 Å². The van der Waals surface area contributed by atoms with Crippen molar-refractivity contribution in [1.82, 2.24) is 5.32 Å². The zero-order chi connectivity index (χ0) is 14.8. The predicted molar refractivity (Wildman–Crippen MR) is 76.5 cm³/mol. The van der Waals surface area contributed by atoms with Gasteiger partial charge >= 0.3 is 0 Å². The Hall–Kier alpha value is -1.76. The van der Waals surface area contributed by atoms with E-state index in [1.165, 1.54) is 0 Å². The molecule has 6 nitrogen and oxygen atoms in total. The summed E-state index contributed by atoms with van der Waals surface area (Å²) in [5, 5.41) is 2.72. The summed E-state index contributed by atoms with van der Waals surface area (Å²) in [5.74, 6) is 0.315. The lowest BCUT2D eigenvalue weighted by atomic mass is 10.1. The first kappa shape index (κ1) is 14.6. The standard InChI is InChI=1S/C13H18N2O4S/c1-2-19-12-6-9(5-10(14)7-12)13(16)15-11-3-4-20(17,18)8-11/h5-7,11H,2-4,8,14H2,1H3,(H,15,16). The van der Waals surface area contributed by atoms with Gasteiger partial charge in [-0.15, -0.1) is 0 Å². The number of benzene rings is 1. The Morgan fingerprint density at radius 2 is 2.20 bits per heavy atom. The molecule has 0 bridgehead atoms. The van der Waals surface area contributed by atoms with Crippen molar-refractivity contribution in [2.45, 2.75) is 19.4 Å². The summed E-state index contributed by atoms with van der Waals surface area (Å²) >= 11 is 0. The highest BCUT2D eigenvalue weighted by Gasteiger charge is 2.29. The Balaban J connectivity index is 2.09. The highest BCUT2D eigenvalue weighted by Crippen LogP contribution is 2.20. The SMILES string of the molecule is CCOc1cc(N)cc(C(=O)NC2CCS(=O)(=O)C2)c1. The van der Waals surface area contributed by atoms with Gasteiger partial charge in [0.1, 0.15) is 5.75 Å². The first-order valence-electron chi connectivity index (χ1n) is 6.44. The van der Waals surface area contributed by atoms with E-state index in [-0.39, 0.29) is 23.5 Å². The van der Waals surface area contributed by atoms with Crippen LogP contribution in [0.15, 0.2) is 18.2 Å². The topological polar surface area (TPSA) is 98.5 Å². The maximum Gasteiger partial charge on any atom is 0.251 e. The Morgan fingerprint density at radius 1 is 1.45 bits per heavy atom.